The standard InChI is InChI=1S/C14H22O/c1-2-11-7-9-12(10-8-11)13-5-3-4-6-14(13)15/h3,5,11-13H,2,4,6-10H2,1H3. The molecule has 0 aromatic carbocycles. The summed E-state index contributed by atoms with van der Waals surface area (Å²) < 4.78 is 0. The molecule has 1 nitrogen and oxygen atoms in total. The third kappa shape index (κ3) is 2.50. The molecule has 0 radical (unpaired) electrons. The van der Waals surface area contributed by atoms with Gasteiger partial charge in [-0.05, 0) is 31.1 Å². The smallest absolute Gasteiger partial charge is 0.140 e. The monoisotopic (exact) mass is 206 g/mol. The van der Waals surface area contributed by atoms with E-state index < -0.39 is 0 Å². The van der Waals surface area contributed by atoms with Crippen LogP contribution in [0.4, 0.5) is 0 Å². The zero-order valence-electron chi connectivity index (χ0n) is 9.74. The Morgan fingerprint density at radius 2 is 2.00 bits per heavy atom. The first-order chi connectivity index (χ1) is 7.31. The molecule has 0 aromatic heterocycles. The highest BCUT2D eigenvalue weighted by atomic mass is 16.1. The molecular weight excluding hydrogens is 184 g/mol. The summed E-state index contributed by atoms with van der Waals surface area (Å²) in [7, 11) is 0. The van der Waals surface area contributed by atoms with E-state index in [1.54, 1.807) is 0 Å². The summed E-state index contributed by atoms with van der Waals surface area (Å²) in [5.74, 6) is 2.37. The Labute approximate surface area is 92.9 Å². The molecule has 0 spiro atoms. The fourth-order valence-corrected chi connectivity index (χ4v) is 3.12. The molecule has 0 aliphatic heterocycles. The average Bonchev–Trinajstić information content (AvgIpc) is 2.30. The molecule has 0 heterocycles. The quantitative estimate of drug-likeness (QED) is 0.629. The van der Waals surface area contributed by atoms with E-state index in [1.807, 2.05) is 0 Å². The zero-order chi connectivity index (χ0) is 10.7. The van der Waals surface area contributed by atoms with Crippen LogP contribution in [0.3, 0.4) is 0 Å². The molecule has 2 aliphatic carbocycles. The number of hydrogen-bond donors (Lipinski definition) is 0. The molecule has 15 heavy (non-hydrogen) atoms. The molecule has 0 saturated heterocycles. The van der Waals surface area contributed by atoms with Crippen molar-refractivity contribution in [2.75, 3.05) is 0 Å². The molecule has 84 valence electrons. The molecule has 1 heteroatoms. The van der Waals surface area contributed by atoms with Gasteiger partial charge in [-0.1, -0.05) is 38.3 Å². The second-order valence-electron chi connectivity index (χ2n) is 5.15. The van der Waals surface area contributed by atoms with E-state index in [1.165, 1.54) is 32.1 Å². The summed E-state index contributed by atoms with van der Waals surface area (Å²) in [4.78, 5) is 11.8. The first-order valence-electron chi connectivity index (χ1n) is 6.50. The van der Waals surface area contributed by atoms with Crippen LogP contribution in [0.15, 0.2) is 12.2 Å². The number of Topliss-reactive ketones (excluding diaryl/α,β-unsaturated/α-hetero) is 1. The van der Waals surface area contributed by atoms with Crippen molar-refractivity contribution < 1.29 is 4.79 Å². The van der Waals surface area contributed by atoms with E-state index in [0.717, 1.165) is 18.8 Å². The third-order valence-electron chi connectivity index (χ3n) is 4.25. The lowest BCUT2D eigenvalue weighted by Gasteiger charge is -2.32. The van der Waals surface area contributed by atoms with Crippen LogP contribution in [0.25, 0.3) is 0 Å². The van der Waals surface area contributed by atoms with Crippen LogP contribution in [0.1, 0.15) is 51.9 Å². The lowest BCUT2D eigenvalue weighted by molar-refractivity contribution is -0.123. The zero-order valence-corrected chi connectivity index (χ0v) is 9.74. The summed E-state index contributed by atoms with van der Waals surface area (Å²) in [5.41, 5.74) is 0. The van der Waals surface area contributed by atoms with Gasteiger partial charge in [0.05, 0.1) is 0 Å². The van der Waals surface area contributed by atoms with Gasteiger partial charge < -0.3 is 0 Å². The van der Waals surface area contributed by atoms with E-state index in [-0.39, 0.29) is 5.92 Å². The molecule has 1 unspecified atom stereocenters. The van der Waals surface area contributed by atoms with Crippen LogP contribution >= 0.6 is 0 Å². The fraction of sp³-hybridized carbons (Fsp3) is 0.786. The van der Waals surface area contributed by atoms with E-state index in [9.17, 15) is 4.79 Å². The van der Waals surface area contributed by atoms with Crippen molar-refractivity contribution in [3.8, 4) is 0 Å². The number of ketones is 1. The van der Waals surface area contributed by atoms with Crippen molar-refractivity contribution >= 4 is 5.78 Å². The fourth-order valence-electron chi connectivity index (χ4n) is 3.12. The van der Waals surface area contributed by atoms with Crippen molar-refractivity contribution in [2.45, 2.75) is 51.9 Å². The van der Waals surface area contributed by atoms with Gasteiger partial charge in [0.25, 0.3) is 0 Å². The van der Waals surface area contributed by atoms with Gasteiger partial charge in [0.2, 0.25) is 0 Å². The van der Waals surface area contributed by atoms with Crippen LogP contribution in [-0.2, 0) is 4.79 Å². The number of hydrogen-bond acceptors (Lipinski definition) is 1. The minimum absolute atomic E-state index is 0.275. The van der Waals surface area contributed by atoms with Crippen LogP contribution in [0, 0.1) is 17.8 Å². The van der Waals surface area contributed by atoms with Crippen molar-refractivity contribution in [1.82, 2.24) is 0 Å². The van der Waals surface area contributed by atoms with Crippen molar-refractivity contribution in [1.29, 1.82) is 0 Å². The molecule has 1 atom stereocenters. The number of carbonyl (C=O) groups excluding carboxylic acids is 1. The molecule has 0 amide bonds. The van der Waals surface area contributed by atoms with E-state index in [0.29, 0.717) is 11.7 Å². The Bertz CT molecular complexity index is 246. The lowest BCUT2D eigenvalue weighted by Crippen LogP contribution is -2.27. The molecule has 2 aliphatic rings. The summed E-state index contributed by atoms with van der Waals surface area (Å²) in [5, 5.41) is 0. The Morgan fingerprint density at radius 3 is 2.60 bits per heavy atom. The Balaban J connectivity index is 1.92. The predicted molar refractivity (Wildman–Crippen MR) is 62.6 cm³/mol. The second-order valence-corrected chi connectivity index (χ2v) is 5.15. The first kappa shape index (κ1) is 10.9. The van der Waals surface area contributed by atoms with Crippen molar-refractivity contribution in [3.05, 3.63) is 12.2 Å². The number of carbonyl (C=O) groups is 1. The summed E-state index contributed by atoms with van der Waals surface area (Å²) in [6, 6.07) is 0. The molecule has 0 N–H and O–H groups in total. The van der Waals surface area contributed by atoms with E-state index in [4.69, 9.17) is 0 Å². The lowest BCUT2D eigenvalue weighted by atomic mass is 9.72. The minimum Gasteiger partial charge on any atom is -0.299 e. The van der Waals surface area contributed by atoms with Gasteiger partial charge in [0.1, 0.15) is 5.78 Å². The normalized spacial score (nSPS) is 36.9. The van der Waals surface area contributed by atoms with Gasteiger partial charge in [-0.25, -0.2) is 0 Å². The Hall–Kier alpha value is -0.590. The largest absolute Gasteiger partial charge is 0.299 e. The molecule has 0 aromatic rings. The van der Waals surface area contributed by atoms with Crippen LogP contribution in [0.2, 0.25) is 0 Å². The maximum atomic E-state index is 11.8. The SMILES string of the molecule is CCC1CCC(C2C=CCCC2=O)CC1. The molecule has 0 bridgehead atoms. The third-order valence-corrected chi connectivity index (χ3v) is 4.25. The van der Waals surface area contributed by atoms with Gasteiger partial charge in [-0.2, -0.15) is 0 Å². The van der Waals surface area contributed by atoms with Crippen molar-refractivity contribution in [2.24, 2.45) is 17.8 Å². The van der Waals surface area contributed by atoms with E-state index in [2.05, 4.69) is 19.1 Å². The summed E-state index contributed by atoms with van der Waals surface area (Å²) in [6.45, 7) is 2.29. The molecule has 2 rings (SSSR count). The van der Waals surface area contributed by atoms with Gasteiger partial charge in [0, 0.05) is 12.3 Å². The number of rotatable bonds is 2. The van der Waals surface area contributed by atoms with Gasteiger partial charge in [-0.15, -0.1) is 0 Å². The highest BCUT2D eigenvalue weighted by molar-refractivity contribution is 5.84. The first-order valence-corrected chi connectivity index (χ1v) is 6.50. The Kier molecular flexibility index (Phi) is 3.61. The molecular formula is C14H22O. The molecule has 1 saturated carbocycles. The maximum Gasteiger partial charge on any atom is 0.140 e. The van der Waals surface area contributed by atoms with Crippen molar-refractivity contribution in [3.63, 3.8) is 0 Å². The minimum atomic E-state index is 0.275. The average molecular weight is 206 g/mol. The van der Waals surface area contributed by atoms with Crippen LogP contribution in [-0.4, -0.2) is 5.78 Å². The van der Waals surface area contributed by atoms with Gasteiger partial charge in [0.15, 0.2) is 0 Å². The van der Waals surface area contributed by atoms with E-state index >= 15 is 0 Å². The predicted octanol–water partition coefficient (Wildman–Crippen LogP) is 3.74. The van der Waals surface area contributed by atoms with Crippen LogP contribution < -0.4 is 0 Å². The molecule has 1 fully saturated rings. The summed E-state index contributed by atoms with van der Waals surface area (Å²) in [6.07, 6.45) is 12.7. The topological polar surface area (TPSA) is 17.1 Å². The van der Waals surface area contributed by atoms with Gasteiger partial charge in [-0.3, -0.25) is 4.79 Å². The Morgan fingerprint density at radius 1 is 1.27 bits per heavy atom. The van der Waals surface area contributed by atoms with Crippen LogP contribution in [0.5, 0.6) is 0 Å². The van der Waals surface area contributed by atoms with Gasteiger partial charge >= 0.3 is 0 Å². The highest BCUT2D eigenvalue weighted by Crippen LogP contribution is 2.37. The second kappa shape index (κ2) is 4.96. The summed E-state index contributed by atoms with van der Waals surface area (Å²) >= 11 is 0. The maximum absolute atomic E-state index is 11.8. The number of allylic oxidation sites excluding steroid dienone is 2. The highest BCUT2D eigenvalue weighted by Gasteiger charge is 2.30.